The number of hydrogen-bond donors (Lipinski definition) is 3. The number of carboxylic acid groups (broad SMARTS) is 2. The SMILES string of the molecule is CC1=CC(CO)(C(=O)O)CC(C(=O)O)=C1. The van der Waals surface area contributed by atoms with E-state index in [1.165, 1.54) is 12.2 Å². The molecule has 0 heterocycles. The standard InChI is InChI=1S/C10H12O5/c1-6-2-7(8(12)13)4-10(3-6,5-11)9(14)15/h2-3,11H,4-5H2,1H3,(H,12,13)(H,14,15). The van der Waals surface area contributed by atoms with E-state index in [9.17, 15) is 9.59 Å². The van der Waals surface area contributed by atoms with Gasteiger partial charge in [0, 0.05) is 12.0 Å². The molecule has 0 fully saturated rings. The summed E-state index contributed by atoms with van der Waals surface area (Å²) in [6.07, 6.45) is 2.62. The van der Waals surface area contributed by atoms with Crippen LogP contribution in [0.1, 0.15) is 13.3 Å². The Morgan fingerprint density at radius 3 is 2.47 bits per heavy atom. The van der Waals surface area contributed by atoms with Crippen LogP contribution in [0, 0.1) is 5.41 Å². The first-order valence-electron chi connectivity index (χ1n) is 4.39. The predicted molar refractivity (Wildman–Crippen MR) is 51.2 cm³/mol. The van der Waals surface area contributed by atoms with E-state index in [0.717, 1.165) is 0 Å². The number of aliphatic hydroxyl groups is 1. The van der Waals surface area contributed by atoms with Gasteiger partial charge in [0.1, 0.15) is 5.41 Å². The van der Waals surface area contributed by atoms with Gasteiger partial charge in [0.2, 0.25) is 0 Å². The molecule has 82 valence electrons. The molecule has 0 aromatic carbocycles. The Hall–Kier alpha value is -1.62. The molecule has 0 aromatic rings. The summed E-state index contributed by atoms with van der Waals surface area (Å²) in [5.41, 5.74) is -0.950. The van der Waals surface area contributed by atoms with Crippen molar-refractivity contribution in [3.05, 3.63) is 23.3 Å². The van der Waals surface area contributed by atoms with E-state index in [1.807, 2.05) is 0 Å². The van der Waals surface area contributed by atoms with Crippen LogP contribution in [0.15, 0.2) is 23.3 Å². The molecule has 0 radical (unpaired) electrons. The van der Waals surface area contributed by atoms with E-state index in [1.54, 1.807) is 6.92 Å². The lowest BCUT2D eigenvalue weighted by Gasteiger charge is -2.27. The zero-order valence-corrected chi connectivity index (χ0v) is 8.23. The third-order valence-electron chi connectivity index (χ3n) is 2.39. The van der Waals surface area contributed by atoms with Gasteiger partial charge in [-0.2, -0.15) is 0 Å². The number of aliphatic carboxylic acids is 2. The van der Waals surface area contributed by atoms with Gasteiger partial charge in [0.25, 0.3) is 0 Å². The molecule has 5 nitrogen and oxygen atoms in total. The molecule has 1 rings (SSSR count). The Morgan fingerprint density at radius 2 is 2.07 bits per heavy atom. The molecule has 1 aliphatic carbocycles. The fraction of sp³-hybridized carbons (Fsp3) is 0.400. The van der Waals surface area contributed by atoms with Gasteiger partial charge in [-0.25, -0.2) is 4.79 Å². The third-order valence-corrected chi connectivity index (χ3v) is 2.39. The molecule has 0 bridgehead atoms. The Morgan fingerprint density at radius 1 is 1.47 bits per heavy atom. The van der Waals surface area contributed by atoms with Crippen LogP contribution in [0.25, 0.3) is 0 Å². The fourth-order valence-electron chi connectivity index (χ4n) is 1.64. The molecule has 0 saturated carbocycles. The highest BCUT2D eigenvalue weighted by atomic mass is 16.4. The number of allylic oxidation sites excluding steroid dienone is 2. The molecule has 1 atom stereocenters. The molecule has 0 amide bonds. The van der Waals surface area contributed by atoms with Crippen LogP contribution in [0.4, 0.5) is 0 Å². The van der Waals surface area contributed by atoms with Gasteiger partial charge in [0.15, 0.2) is 0 Å². The average molecular weight is 212 g/mol. The number of aliphatic hydroxyl groups excluding tert-OH is 1. The zero-order chi connectivity index (χ0) is 11.6. The molecule has 0 aliphatic heterocycles. The van der Waals surface area contributed by atoms with Crippen molar-refractivity contribution in [3.8, 4) is 0 Å². The zero-order valence-electron chi connectivity index (χ0n) is 8.23. The molecule has 1 aliphatic rings. The van der Waals surface area contributed by atoms with Gasteiger partial charge in [-0.05, 0) is 13.0 Å². The number of carboxylic acids is 2. The van der Waals surface area contributed by atoms with E-state index in [2.05, 4.69) is 0 Å². The van der Waals surface area contributed by atoms with Crippen molar-refractivity contribution in [2.24, 2.45) is 5.41 Å². The maximum absolute atomic E-state index is 11.0. The maximum atomic E-state index is 11.0. The third kappa shape index (κ3) is 2.07. The number of carbonyl (C=O) groups is 2. The second-order valence-electron chi connectivity index (χ2n) is 3.66. The molecule has 0 spiro atoms. The van der Waals surface area contributed by atoms with Crippen molar-refractivity contribution in [1.29, 1.82) is 0 Å². The summed E-state index contributed by atoms with van der Waals surface area (Å²) in [6, 6.07) is 0. The van der Waals surface area contributed by atoms with Crippen LogP contribution in [0.5, 0.6) is 0 Å². The molecular weight excluding hydrogens is 200 g/mol. The summed E-state index contributed by atoms with van der Waals surface area (Å²) in [4.78, 5) is 21.8. The molecule has 0 aromatic heterocycles. The van der Waals surface area contributed by atoms with E-state index >= 15 is 0 Å². The Labute approximate surface area is 86.3 Å². The van der Waals surface area contributed by atoms with E-state index in [-0.39, 0.29) is 12.0 Å². The smallest absolute Gasteiger partial charge is 0.331 e. The van der Waals surface area contributed by atoms with Crippen LogP contribution >= 0.6 is 0 Å². The maximum Gasteiger partial charge on any atom is 0.331 e. The molecule has 5 heteroatoms. The van der Waals surface area contributed by atoms with Crippen LogP contribution < -0.4 is 0 Å². The summed E-state index contributed by atoms with van der Waals surface area (Å²) in [7, 11) is 0. The number of rotatable bonds is 3. The minimum atomic E-state index is -1.49. The van der Waals surface area contributed by atoms with Crippen molar-refractivity contribution in [3.63, 3.8) is 0 Å². The van der Waals surface area contributed by atoms with Gasteiger partial charge in [-0.1, -0.05) is 11.6 Å². The topological polar surface area (TPSA) is 94.8 Å². The lowest BCUT2D eigenvalue weighted by atomic mass is 9.77. The summed E-state index contributed by atoms with van der Waals surface area (Å²) in [6.45, 7) is 1.000. The van der Waals surface area contributed by atoms with E-state index in [0.29, 0.717) is 5.57 Å². The van der Waals surface area contributed by atoms with E-state index < -0.39 is 24.0 Å². The highest BCUT2D eigenvalue weighted by molar-refractivity contribution is 5.90. The molecule has 0 saturated heterocycles. The largest absolute Gasteiger partial charge is 0.481 e. The number of hydrogen-bond acceptors (Lipinski definition) is 3. The van der Waals surface area contributed by atoms with Crippen LogP contribution in [-0.4, -0.2) is 33.9 Å². The second-order valence-corrected chi connectivity index (χ2v) is 3.66. The minimum absolute atomic E-state index is 0.00597. The lowest BCUT2D eigenvalue weighted by molar-refractivity contribution is -0.148. The summed E-state index contributed by atoms with van der Waals surface area (Å²) in [5, 5.41) is 26.9. The van der Waals surface area contributed by atoms with Gasteiger partial charge < -0.3 is 15.3 Å². The first kappa shape index (κ1) is 11.5. The minimum Gasteiger partial charge on any atom is -0.481 e. The predicted octanol–water partition coefficient (Wildman–Crippen LogP) is 0.411. The van der Waals surface area contributed by atoms with Crippen LogP contribution in [-0.2, 0) is 9.59 Å². The quantitative estimate of drug-likeness (QED) is 0.629. The first-order valence-corrected chi connectivity index (χ1v) is 4.39. The molecule has 1 unspecified atom stereocenters. The van der Waals surface area contributed by atoms with Crippen molar-refractivity contribution in [2.45, 2.75) is 13.3 Å². The average Bonchev–Trinajstić information content (AvgIpc) is 2.16. The Bertz CT molecular complexity index is 366. The Kier molecular flexibility index (Phi) is 2.95. The molecule has 3 N–H and O–H groups in total. The van der Waals surface area contributed by atoms with Crippen LogP contribution in [0.2, 0.25) is 0 Å². The van der Waals surface area contributed by atoms with Gasteiger partial charge in [-0.15, -0.1) is 0 Å². The van der Waals surface area contributed by atoms with Crippen molar-refractivity contribution < 1.29 is 24.9 Å². The summed E-state index contributed by atoms with van der Waals surface area (Å²) in [5.74, 6) is -2.36. The second kappa shape index (κ2) is 3.86. The van der Waals surface area contributed by atoms with Crippen molar-refractivity contribution in [1.82, 2.24) is 0 Å². The van der Waals surface area contributed by atoms with Crippen molar-refractivity contribution in [2.75, 3.05) is 6.61 Å². The van der Waals surface area contributed by atoms with Crippen molar-refractivity contribution >= 4 is 11.9 Å². The highest BCUT2D eigenvalue weighted by Gasteiger charge is 2.39. The van der Waals surface area contributed by atoms with Gasteiger partial charge >= 0.3 is 11.9 Å². The highest BCUT2D eigenvalue weighted by Crippen LogP contribution is 2.34. The molecular formula is C10H12O5. The molecule has 15 heavy (non-hydrogen) atoms. The van der Waals surface area contributed by atoms with Gasteiger partial charge in [0.05, 0.1) is 6.61 Å². The fourth-order valence-corrected chi connectivity index (χ4v) is 1.64. The van der Waals surface area contributed by atoms with Crippen LogP contribution in [0.3, 0.4) is 0 Å². The summed E-state index contributed by atoms with van der Waals surface area (Å²) >= 11 is 0. The van der Waals surface area contributed by atoms with E-state index in [4.69, 9.17) is 15.3 Å². The first-order chi connectivity index (χ1) is 6.91. The Balaban J connectivity index is 3.14. The lowest BCUT2D eigenvalue weighted by Crippen LogP contribution is -2.36. The normalized spacial score (nSPS) is 25.5. The summed E-state index contributed by atoms with van der Waals surface area (Å²) < 4.78 is 0. The monoisotopic (exact) mass is 212 g/mol. The van der Waals surface area contributed by atoms with Gasteiger partial charge in [-0.3, -0.25) is 4.79 Å².